The van der Waals surface area contributed by atoms with Gasteiger partial charge in [-0.2, -0.15) is 0 Å². The second-order valence-corrected chi connectivity index (χ2v) is 4.65. The Hall–Kier alpha value is -1.60. The molecule has 0 spiro atoms. The fourth-order valence-electron chi connectivity index (χ4n) is 2.22. The molecule has 2 aromatic carbocycles. The molecular weight excluding hydrogens is 208 g/mol. The fourth-order valence-corrected chi connectivity index (χ4v) is 2.22. The van der Waals surface area contributed by atoms with Crippen LogP contribution in [0, 0.1) is 5.92 Å². The maximum atomic E-state index is 11.0. The maximum absolute atomic E-state index is 11.0. The molecule has 1 N–H and O–H groups in total. The van der Waals surface area contributed by atoms with E-state index < -0.39 is 5.60 Å². The van der Waals surface area contributed by atoms with E-state index in [1.165, 1.54) is 0 Å². The second-order valence-electron chi connectivity index (χ2n) is 4.65. The minimum atomic E-state index is -0.914. The van der Waals surface area contributed by atoms with Crippen LogP contribution in [0.25, 0.3) is 0 Å². The average Bonchev–Trinajstić information content (AvgIpc) is 2.39. The summed E-state index contributed by atoms with van der Waals surface area (Å²) in [4.78, 5) is 0. The molecule has 0 unspecified atom stereocenters. The summed E-state index contributed by atoms with van der Waals surface area (Å²) in [7, 11) is 0. The highest BCUT2D eigenvalue weighted by Crippen LogP contribution is 2.36. The van der Waals surface area contributed by atoms with Crippen molar-refractivity contribution < 1.29 is 5.11 Å². The highest BCUT2D eigenvalue weighted by molar-refractivity contribution is 5.36. The molecule has 0 saturated carbocycles. The van der Waals surface area contributed by atoms with E-state index in [1.54, 1.807) is 0 Å². The van der Waals surface area contributed by atoms with Crippen molar-refractivity contribution in [3.05, 3.63) is 71.8 Å². The third kappa shape index (κ3) is 2.11. The predicted molar refractivity (Wildman–Crippen MR) is 70.7 cm³/mol. The zero-order valence-corrected chi connectivity index (χ0v) is 10.3. The van der Waals surface area contributed by atoms with Crippen LogP contribution in [-0.4, -0.2) is 5.11 Å². The molecule has 0 aliphatic rings. The van der Waals surface area contributed by atoms with Crippen LogP contribution in [0.1, 0.15) is 25.0 Å². The van der Waals surface area contributed by atoms with E-state index in [2.05, 4.69) is 0 Å². The lowest BCUT2D eigenvalue weighted by Gasteiger charge is -2.33. The first-order chi connectivity index (χ1) is 8.15. The Morgan fingerprint density at radius 3 is 1.41 bits per heavy atom. The van der Waals surface area contributed by atoms with Gasteiger partial charge >= 0.3 is 0 Å². The van der Waals surface area contributed by atoms with Gasteiger partial charge in [-0.05, 0) is 17.0 Å². The Kier molecular flexibility index (Phi) is 3.30. The molecule has 0 fully saturated rings. The largest absolute Gasteiger partial charge is 0.380 e. The zero-order chi connectivity index (χ0) is 12.3. The van der Waals surface area contributed by atoms with E-state index in [1.807, 2.05) is 74.5 Å². The summed E-state index contributed by atoms with van der Waals surface area (Å²) in [5.41, 5.74) is 0.977. The monoisotopic (exact) mass is 226 g/mol. The molecule has 17 heavy (non-hydrogen) atoms. The van der Waals surface area contributed by atoms with Crippen molar-refractivity contribution in [3.63, 3.8) is 0 Å². The highest BCUT2D eigenvalue weighted by Gasteiger charge is 2.34. The first-order valence-corrected chi connectivity index (χ1v) is 5.99. The molecule has 0 saturated heterocycles. The van der Waals surface area contributed by atoms with Gasteiger partial charge in [0.05, 0.1) is 0 Å². The van der Waals surface area contributed by atoms with Gasteiger partial charge in [0, 0.05) is 0 Å². The van der Waals surface area contributed by atoms with E-state index in [-0.39, 0.29) is 5.92 Å². The minimum Gasteiger partial charge on any atom is -0.380 e. The SMILES string of the molecule is CC(C)C(O)(c1ccccc1)c1ccccc1. The van der Waals surface area contributed by atoms with E-state index >= 15 is 0 Å². The summed E-state index contributed by atoms with van der Waals surface area (Å²) < 4.78 is 0. The van der Waals surface area contributed by atoms with Crippen LogP contribution in [0.4, 0.5) is 0 Å². The molecule has 0 bridgehead atoms. The molecule has 0 amide bonds. The quantitative estimate of drug-likeness (QED) is 0.848. The van der Waals surface area contributed by atoms with Crippen LogP contribution in [0.2, 0.25) is 0 Å². The molecule has 0 aromatic heterocycles. The topological polar surface area (TPSA) is 20.2 Å². The summed E-state index contributed by atoms with van der Waals surface area (Å²) in [5, 5.41) is 11.0. The number of hydrogen-bond acceptors (Lipinski definition) is 1. The average molecular weight is 226 g/mol. The van der Waals surface area contributed by atoms with Gasteiger partial charge in [0.1, 0.15) is 5.60 Å². The second kappa shape index (κ2) is 4.72. The molecule has 1 nitrogen and oxygen atoms in total. The molecule has 0 heterocycles. The lowest BCUT2D eigenvalue weighted by Crippen LogP contribution is -2.33. The summed E-state index contributed by atoms with van der Waals surface area (Å²) in [6, 6.07) is 19.7. The standard InChI is InChI=1S/C16H18O/c1-13(2)16(17,14-9-5-3-6-10-14)15-11-7-4-8-12-15/h3-13,17H,1-2H3. The smallest absolute Gasteiger partial charge is 0.117 e. The van der Waals surface area contributed by atoms with E-state index in [9.17, 15) is 5.11 Å². The Labute approximate surface area is 103 Å². The van der Waals surface area contributed by atoms with Crippen molar-refractivity contribution in [1.29, 1.82) is 0 Å². The number of rotatable bonds is 3. The highest BCUT2D eigenvalue weighted by atomic mass is 16.3. The molecule has 0 atom stereocenters. The first-order valence-electron chi connectivity index (χ1n) is 5.99. The zero-order valence-electron chi connectivity index (χ0n) is 10.3. The van der Waals surface area contributed by atoms with Crippen molar-refractivity contribution in [2.24, 2.45) is 5.92 Å². The van der Waals surface area contributed by atoms with Crippen molar-refractivity contribution in [2.75, 3.05) is 0 Å². The number of hydrogen-bond donors (Lipinski definition) is 1. The molecule has 0 radical (unpaired) electrons. The maximum Gasteiger partial charge on any atom is 0.117 e. The van der Waals surface area contributed by atoms with Gasteiger partial charge in [-0.3, -0.25) is 0 Å². The van der Waals surface area contributed by atoms with Crippen LogP contribution in [-0.2, 0) is 5.60 Å². The van der Waals surface area contributed by atoms with Crippen molar-refractivity contribution in [1.82, 2.24) is 0 Å². The van der Waals surface area contributed by atoms with Gasteiger partial charge in [-0.25, -0.2) is 0 Å². The minimum absolute atomic E-state index is 0.118. The van der Waals surface area contributed by atoms with Crippen LogP contribution in [0.15, 0.2) is 60.7 Å². The van der Waals surface area contributed by atoms with Crippen LogP contribution in [0.5, 0.6) is 0 Å². The van der Waals surface area contributed by atoms with E-state index in [4.69, 9.17) is 0 Å². The normalized spacial score (nSPS) is 11.8. The Bertz CT molecular complexity index is 420. The van der Waals surface area contributed by atoms with Crippen molar-refractivity contribution in [3.8, 4) is 0 Å². The molecule has 1 heteroatoms. The molecule has 0 aliphatic carbocycles. The predicted octanol–water partition coefficient (Wildman–Crippen LogP) is 3.58. The molecule has 88 valence electrons. The lowest BCUT2D eigenvalue weighted by atomic mass is 9.78. The summed E-state index contributed by atoms with van der Waals surface area (Å²) >= 11 is 0. The van der Waals surface area contributed by atoms with Gasteiger partial charge < -0.3 is 5.11 Å². The Morgan fingerprint density at radius 2 is 1.12 bits per heavy atom. The molecule has 2 aromatic rings. The number of benzene rings is 2. The van der Waals surface area contributed by atoms with Gasteiger partial charge in [-0.15, -0.1) is 0 Å². The van der Waals surface area contributed by atoms with Crippen LogP contribution < -0.4 is 0 Å². The summed E-state index contributed by atoms with van der Waals surface area (Å²) in [5.74, 6) is 0.118. The fraction of sp³-hybridized carbons (Fsp3) is 0.250. The summed E-state index contributed by atoms with van der Waals surface area (Å²) in [6.07, 6.45) is 0. The van der Waals surface area contributed by atoms with Crippen molar-refractivity contribution in [2.45, 2.75) is 19.4 Å². The number of aliphatic hydroxyl groups is 1. The van der Waals surface area contributed by atoms with Crippen LogP contribution in [0.3, 0.4) is 0 Å². The van der Waals surface area contributed by atoms with E-state index in [0.29, 0.717) is 0 Å². The van der Waals surface area contributed by atoms with E-state index in [0.717, 1.165) is 11.1 Å². The molecule has 0 aliphatic heterocycles. The lowest BCUT2D eigenvalue weighted by molar-refractivity contribution is 0.0318. The molecule has 2 rings (SSSR count). The van der Waals surface area contributed by atoms with Gasteiger partial charge in [0.2, 0.25) is 0 Å². The van der Waals surface area contributed by atoms with Crippen LogP contribution >= 0.6 is 0 Å². The third-order valence-corrected chi connectivity index (χ3v) is 3.26. The van der Waals surface area contributed by atoms with Gasteiger partial charge in [0.25, 0.3) is 0 Å². The Balaban J connectivity index is 2.55. The molecular formula is C16H18O. The summed E-state index contributed by atoms with van der Waals surface area (Å²) in [6.45, 7) is 4.08. The van der Waals surface area contributed by atoms with Gasteiger partial charge in [-0.1, -0.05) is 74.5 Å². The van der Waals surface area contributed by atoms with Gasteiger partial charge in [0.15, 0.2) is 0 Å². The first kappa shape index (κ1) is 11.9. The van der Waals surface area contributed by atoms with Crippen molar-refractivity contribution >= 4 is 0 Å². The Morgan fingerprint density at radius 1 is 0.765 bits per heavy atom. The third-order valence-electron chi connectivity index (χ3n) is 3.26.